The molecule has 0 spiro atoms. The number of nitrogens with zero attached hydrogens (tertiary/aromatic N) is 1. The lowest BCUT2D eigenvalue weighted by molar-refractivity contribution is 0.237. The van der Waals surface area contributed by atoms with Crippen molar-refractivity contribution in [3.63, 3.8) is 0 Å². The van der Waals surface area contributed by atoms with Gasteiger partial charge in [0.2, 0.25) is 0 Å². The summed E-state index contributed by atoms with van der Waals surface area (Å²) >= 11 is 0. The maximum Gasteiger partial charge on any atom is 0.315 e. The number of carbonyl (C=O) groups excluding carboxylic acids is 1. The van der Waals surface area contributed by atoms with Crippen LogP contribution < -0.4 is 20.1 Å². The molecule has 0 saturated heterocycles. The zero-order valence-corrected chi connectivity index (χ0v) is 13.5. The van der Waals surface area contributed by atoms with Gasteiger partial charge in [-0.2, -0.15) is 0 Å². The van der Waals surface area contributed by atoms with Crippen LogP contribution in [0.1, 0.15) is 24.2 Å². The van der Waals surface area contributed by atoms with Crippen LogP contribution >= 0.6 is 0 Å². The largest absolute Gasteiger partial charge is 0.497 e. The number of hydrogen-bond donors (Lipinski definition) is 2. The second-order valence-corrected chi connectivity index (χ2v) is 4.98. The number of urea groups is 1. The molecule has 0 aliphatic rings. The first-order chi connectivity index (χ1) is 11.1. The Balaban J connectivity index is 1.95. The van der Waals surface area contributed by atoms with Crippen molar-refractivity contribution in [3.05, 3.63) is 53.9 Å². The van der Waals surface area contributed by atoms with Crippen molar-refractivity contribution in [2.24, 2.45) is 0 Å². The van der Waals surface area contributed by atoms with E-state index in [0.29, 0.717) is 18.0 Å². The van der Waals surface area contributed by atoms with Crippen molar-refractivity contribution in [2.75, 3.05) is 14.2 Å². The van der Waals surface area contributed by atoms with Gasteiger partial charge in [-0.15, -0.1) is 0 Å². The first-order valence-corrected chi connectivity index (χ1v) is 7.30. The van der Waals surface area contributed by atoms with Crippen LogP contribution in [0.4, 0.5) is 4.79 Å². The first kappa shape index (κ1) is 16.6. The normalized spacial score (nSPS) is 11.4. The standard InChI is InChI=1S/C17H21N3O3/c1-12(15-8-7-14(22-2)10-16(15)23-3)20-17(21)19-11-13-6-4-5-9-18-13/h4-10,12H,11H2,1-3H3,(H2,19,20,21). The Kier molecular flexibility index (Phi) is 5.80. The minimum atomic E-state index is -0.263. The second kappa shape index (κ2) is 8.03. The highest BCUT2D eigenvalue weighted by Crippen LogP contribution is 2.29. The van der Waals surface area contributed by atoms with Crippen LogP contribution in [0.3, 0.4) is 0 Å². The molecule has 0 saturated carbocycles. The molecule has 2 N–H and O–H groups in total. The molecular weight excluding hydrogens is 294 g/mol. The van der Waals surface area contributed by atoms with Crippen LogP contribution in [-0.4, -0.2) is 25.2 Å². The predicted octanol–water partition coefficient (Wildman–Crippen LogP) is 2.66. The fourth-order valence-corrected chi connectivity index (χ4v) is 2.18. The van der Waals surface area contributed by atoms with Gasteiger partial charge < -0.3 is 20.1 Å². The number of carbonyl (C=O) groups is 1. The molecule has 23 heavy (non-hydrogen) atoms. The maximum atomic E-state index is 12.0. The van der Waals surface area contributed by atoms with E-state index in [9.17, 15) is 4.79 Å². The van der Waals surface area contributed by atoms with Crippen molar-refractivity contribution < 1.29 is 14.3 Å². The van der Waals surface area contributed by atoms with Crippen LogP contribution in [0.5, 0.6) is 11.5 Å². The summed E-state index contributed by atoms with van der Waals surface area (Å²) in [5, 5.41) is 5.66. The molecule has 0 fully saturated rings. The van der Waals surface area contributed by atoms with E-state index in [1.165, 1.54) is 0 Å². The van der Waals surface area contributed by atoms with E-state index >= 15 is 0 Å². The van der Waals surface area contributed by atoms with Crippen LogP contribution in [0.25, 0.3) is 0 Å². The summed E-state index contributed by atoms with van der Waals surface area (Å²) in [6.45, 7) is 2.27. The Bertz CT molecular complexity index is 647. The van der Waals surface area contributed by atoms with Crippen LogP contribution in [-0.2, 0) is 6.54 Å². The molecule has 1 unspecified atom stereocenters. The molecule has 2 amide bonds. The minimum Gasteiger partial charge on any atom is -0.497 e. The highest BCUT2D eigenvalue weighted by Gasteiger charge is 2.14. The van der Waals surface area contributed by atoms with E-state index in [2.05, 4.69) is 15.6 Å². The van der Waals surface area contributed by atoms with Gasteiger partial charge in [-0.25, -0.2) is 4.79 Å². The summed E-state index contributed by atoms with van der Waals surface area (Å²) in [6, 6.07) is 10.6. The number of ether oxygens (including phenoxy) is 2. The van der Waals surface area contributed by atoms with Gasteiger partial charge in [0.05, 0.1) is 32.5 Å². The molecule has 0 aliphatic carbocycles. The fourth-order valence-electron chi connectivity index (χ4n) is 2.18. The third-order valence-electron chi connectivity index (χ3n) is 3.41. The summed E-state index contributed by atoms with van der Waals surface area (Å²) in [6.07, 6.45) is 1.69. The zero-order valence-electron chi connectivity index (χ0n) is 13.5. The number of rotatable bonds is 6. The Morgan fingerprint density at radius 1 is 1.22 bits per heavy atom. The summed E-state index contributed by atoms with van der Waals surface area (Å²) in [4.78, 5) is 16.2. The minimum absolute atomic E-state index is 0.209. The molecule has 1 atom stereocenters. The van der Waals surface area contributed by atoms with E-state index < -0.39 is 0 Å². The average molecular weight is 315 g/mol. The van der Waals surface area contributed by atoms with Crippen molar-refractivity contribution in [1.82, 2.24) is 15.6 Å². The number of benzene rings is 1. The molecule has 6 heteroatoms. The maximum absolute atomic E-state index is 12.0. The SMILES string of the molecule is COc1ccc(C(C)NC(=O)NCc2ccccn2)c(OC)c1. The molecule has 1 aromatic heterocycles. The molecule has 0 bridgehead atoms. The van der Waals surface area contributed by atoms with Gasteiger partial charge >= 0.3 is 6.03 Å². The third-order valence-corrected chi connectivity index (χ3v) is 3.41. The molecule has 122 valence electrons. The highest BCUT2D eigenvalue weighted by molar-refractivity contribution is 5.74. The molecule has 0 aliphatic heterocycles. The number of amides is 2. The number of methoxy groups -OCH3 is 2. The van der Waals surface area contributed by atoms with Gasteiger partial charge in [0, 0.05) is 17.8 Å². The number of hydrogen-bond acceptors (Lipinski definition) is 4. The number of pyridine rings is 1. The highest BCUT2D eigenvalue weighted by atomic mass is 16.5. The zero-order chi connectivity index (χ0) is 16.7. The predicted molar refractivity (Wildman–Crippen MR) is 87.6 cm³/mol. The lowest BCUT2D eigenvalue weighted by Gasteiger charge is -2.18. The molecule has 2 rings (SSSR count). The van der Waals surface area contributed by atoms with Crippen LogP contribution in [0.2, 0.25) is 0 Å². The van der Waals surface area contributed by atoms with Gasteiger partial charge in [-0.3, -0.25) is 4.98 Å². The molecular formula is C17H21N3O3. The van der Waals surface area contributed by atoms with Crippen molar-refractivity contribution in [2.45, 2.75) is 19.5 Å². The van der Waals surface area contributed by atoms with Gasteiger partial charge in [0.25, 0.3) is 0 Å². The van der Waals surface area contributed by atoms with Gasteiger partial charge in [-0.1, -0.05) is 6.07 Å². The Hall–Kier alpha value is -2.76. The Morgan fingerprint density at radius 3 is 2.70 bits per heavy atom. The first-order valence-electron chi connectivity index (χ1n) is 7.30. The van der Waals surface area contributed by atoms with E-state index in [4.69, 9.17) is 9.47 Å². The summed E-state index contributed by atoms with van der Waals surface area (Å²) in [7, 11) is 3.19. The Labute approximate surface area is 135 Å². The van der Waals surface area contributed by atoms with E-state index in [1.54, 1.807) is 26.5 Å². The molecule has 2 aromatic rings. The topological polar surface area (TPSA) is 72.5 Å². The Morgan fingerprint density at radius 2 is 2.04 bits per heavy atom. The molecule has 1 heterocycles. The summed E-state index contributed by atoms with van der Waals surface area (Å²) in [5.74, 6) is 1.37. The van der Waals surface area contributed by atoms with Gasteiger partial charge in [0.15, 0.2) is 0 Å². The number of aromatic nitrogens is 1. The quantitative estimate of drug-likeness (QED) is 0.859. The third kappa shape index (κ3) is 4.60. The number of nitrogens with one attached hydrogen (secondary N) is 2. The molecule has 6 nitrogen and oxygen atoms in total. The smallest absolute Gasteiger partial charge is 0.315 e. The van der Waals surface area contributed by atoms with Crippen molar-refractivity contribution in [3.8, 4) is 11.5 Å². The van der Waals surface area contributed by atoms with E-state index in [1.807, 2.05) is 37.3 Å². The van der Waals surface area contributed by atoms with Crippen molar-refractivity contribution in [1.29, 1.82) is 0 Å². The monoisotopic (exact) mass is 315 g/mol. The van der Waals surface area contributed by atoms with E-state index in [0.717, 1.165) is 11.3 Å². The summed E-state index contributed by atoms with van der Waals surface area (Å²) in [5.41, 5.74) is 1.68. The van der Waals surface area contributed by atoms with Gasteiger partial charge in [0.1, 0.15) is 11.5 Å². The lowest BCUT2D eigenvalue weighted by atomic mass is 10.1. The van der Waals surface area contributed by atoms with Crippen LogP contribution in [0, 0.1) is 0 Å². The fraction of sp³-hybridized carbons (Fsp3) is 0.294. The van der Waals surface area contributed by atoms with Crippen LogP contribution in [0.15, 0.2) is 42.6 Å². The average Bonchev–Trinajstić information content (AvgIpc) is 2.60. The molecule has 0 radical (unpaired) electrons. The molecule has 1 aromatic carbocycles. The second-order valence-electron chi connectivity index (χ2n) is 4.98. The summed E-state index contributed by atoms with van der Waals surface area (Å²) < 4.78 is 10.5. The van der Waals surface area contributed by atoms with Crippen molar-refractivity contribution >= 4 is 6.03 Å². The van der Waals surface area contributed by atoms with E-state index in [-0.39, 0.29) is 12.1 Å². The lowest BCUT2D eigenvalue weighted by Crippen LogP contribution is -2.36. The van der Waals surface area contributed by atoms with Gasteiger partial charge in [-0.05, 0) is 31.2 Å².